The summed E-state index contributed by atoms with van der Waals surface area (Å²) in [4.78, 5) is 22.5. The highest BCUT2D eigenvalue weighted by Gasteiger charge is 2.50. The average molecular weight is 343 g/mol. The molecule has 3 nitrogen and oxygen atoms in total. The first-order chi connectivity index (χ1) is 8.73. The first kappa shape index (κ1) is 15.6. The molecule has 1 rings (SSSR count). The van der Waals surface area contributed by atoms with E-state index in [9.17, 15) is 27.2 Å². The van der Waals surface area contributed by atoms with Gasteiger partial charge in [0.15, 0.2) is 11.6 Å². The SMILES string of the molecule is CCOC(=O)C(F)(F)C(=O)c1ccc(F)c(F)c1Br. The molecule has 0 amide bonds. The lowest BCUT2D eigenvalue weighted by atomic mass is 10.1. The molecule has 0 aliphatic rings. The number of halogens is 5. The molecule has 1 aromatic rings. The van der Waals surface area contributed by atoms with Crippen LogP contribution >= 0.6 is 15.9 Å². The van der Waals surface area contributed by atoms with Crippen LogP contribution in [-0.2, 0) is 9.53 Å². The van der Waals surface area contributed by atoms with Gasteiger partial charge in [0.25, 0.3) is 0 Å². The van der Waals surface area contributed by atoms with Crippen molar-refractivity contribution < 1.29 is 31.9 Å². The monoisotopic (exact) mass is 342 g/mol. The van der Waals surface area contributed by atoms with Crippen LogP contribution in [0.5, 0.6) is 0 Å². The predicted molar refractivity (Wildman–Crippen MR) is 60.0 cm³/mol. The van der Waals surface area contributed by atoms with Crippen LogP contribution in [-0.4, -0.2) is 24.3 Å². The summed E-state index contributed by atoms with van der Waals surface area (Å²) in [6.45, 7) is 0.937. The van der Waals surface area contributed by atoms with Crippen LogP contribution < -0.4 is 0 Å². The third-order valence-electron chi connectivity index (χ3n) is 2.10. The Kier molecular flexibility index (Phi) is 4.67. The molecule has 1 aromatic carbocycles. The molecular formula is C11H7BrF4O3. The fourth-order valence-corrected chi connectivity index (χ4v) is 1.69. The number of carbonyl (C=O) groups excluding carboxylic acids is 2. The van der Waals surface area contributed by atoms with E-state index in [0.717, 1.165) is 0 Å². The maximum absolute atomic E-state index is 13.4. The number of rotatable bonds is 4. The van der Waals surface area contributed by atoms with Gasteiger partial charge in [-0.3, -0.25) is 4.79 Å². The van der Waals surface area contributed by atoms with Gasteiger partial charge in [-0.1, -0.05) is 0 Å². The highest BCUT2D eigenvalue weighted by Crippen LogP contribution is 2.29. The molecule has 0 unspecified atom stereocenters. The van der Waals surface area contributed by atoms with Gasteiger partial charge in [-0.05, 0) is 35.0 Å². The molecule has 0 N–H and O–H groups in total. The van der Waals surface area contributed by atoms with Crippen LogP contribution in [0.1, 0.15) is 17.3 Å². The van der Waals surface area contributed by atoms with Gasteiger partial charge < -0.3 is 4.74 Å². The Labute approximate surface area is 113 Å². The molecule has 104 valence electrons. The Morgan fingerprint density at radius 3 is 2.42 bits per heavy atom. The minimum atomic E-state index is -4.47. The summed E-state index contributed by atoms with van der Waals surface area (Å²) in [6, 6.07) is 1.16. The Bertz CT molecular complexity index is 531. The topological polar surface area (TPSA) is 43.4 Å². The van der Waals surface area contributed by atoms with Gasteiger partial charge >= 0.3 is 11.9 Å². The quantitative estimate of drug-likeness (QED) is 0.277. The standard InChI is InChI=1S/C11H7BrF4O3/c1-2-19-10(18)11(15,16)9(17)5-3-4-6(13)8(14)7(5)12/h3-4H,2H2,1H3. The van der Waals surface area contributed by atoms with Crippen molar-refractivity contribution >= 4 is 27.7 Å². The highest BCUT2D eigenvalue weighted by molar-refractivity contribution is 9.10. The number of carbonyl (C=O) groups is 2. The lowest BCUT2D eigenvalue weighted by Gasteiger charge is -2.14. The molecule has 0 saturated heterocycles. The summed E-state index contributed by atoms with van der Waals surface area (Å²) in [5.41, 5.74) is -0.850. The zero-order valence-corrected chi connectivity index (χ0v) is 11.1. The molecule has 0 aromatic heterocycles. The third kappa shape index (κ3) is 2.94. The van der Waals surface area contributed by atoms with E-state index in [-0.39, 0.29) is 6.61 Å². The number of ether oxygens (including phenoxy) is 1. The minimum absolute atomic E-state index is 0.347. The van der Waals surface area contributed by atoms with E-state index in [1.54, 1.807) is 0 Å². The van der Waals surface area contributed by atoms with E-state index in [4.69, 9.17) is 0 Å². The summed E-state index contributed by atoms with van der Waals surface area (Å²) in [5.74, 6) is -11.3. The van der Waals surface area contributed by atoms with Crippen molar-refractivity contribution in [3.8, 4) is 0 Å². The van der Waals surface area contributed by atoms with Crippen molar-refractivity contribution in [2.45, 2.75) is 12.8 Å². The summed E-state index contributed by atoms with van der Waals surface area (Å²) >= 11 is 2.49. The molecule has 0 heterocycles. The molecule has 0 bridgehead atoms. The second-order valence-electron chi connectivity index (χ2n) is 3.35. The number of Topliss-reactive ketones (excluding diaryl/α,β-unsaturated/α-hetero) is 1. The first-order valence-corrected chi connectivity index (χ1v) is 5.76. The summed E-state index contributed by atoms with van der Waals surface area (Å²) in [6.07, 6.45) is 0. The molecule has 8 heteroatoms. The second-order valence-corrected chi connectivity index (χ2v) is 4.14. The largest absolute Gasteiger partial charge is 0.461 e. The maximum Gasteiger partial charge on any atom is 0.404 e. The molecule has 0 fully saturated rings. The number of hydrogen-bond donors (Lipinski definition) is 0. The van der Waals surface area contributed by atoms with Gasteiger partial charge in [-0.25, -0.2) is 13.6 Å². The first-order valence-electron chi connectivity index (χ1n) is 4.96. The molecule has 19 heavy (non-hydrogen) atoms. The second kappa shape index (κ2) is 5.68. The number of esters is 1. The normalized spacial score (nSPS) is 11.3. The van der Waals surface area contributed by atoms with Gasteiger partial charge in [-0.15, -0.1) is 0 Å². The fraction of sp³-hybridized carbons (Fsp3) is 0.273. The van der Waals surface area contributed by atoms with E-state index in [2.05, 4.69) is 20.7 Å². The van der Waals surface area contributed by atoms with E-state index in [0.29, 0.717) is 12.1 Å². The highest BCUT2D eigenvalue weighted by atomic mass is 79.9. The molecule has 0 radical (unpaired) electrons. The van der Waals surface area contributed by atoms with Crippen molar-refractivity contribution in [1.82, 2.24) is 0 Å². The summed E-state index contributed by atoms with van der Waals surface area (Å²) in [5, 5.41) is 0. The summed E-state index contributed by atoms with van der Waals surface area (Å²) < 4.78 is 56.1. The molecule has 0 atom stereocenters. The number of benzene rings is 1. The van der Waals surface area contributed by atoms with Crippen LogP contribution in [0.2, 0.25) is 0 Å². The van der Waals surface area contributed by atoms with Crippen LogP contribution in [0.4, 0.5) is 17.6 Å². The maximum atomic E-state index is 13.4. The van der Waals surface area contributed by atoms with Crippen molar-refractivity contribution in [3.63, 3.8) is 0 Å². The lowest BCUT2D eigenvalue weighted by Crippen LogP contribution is -2.39. The number of hydrogen-bond acceptors (Lipinski definition) is 3. The van der Waals surface area contributed by atoms with Crippen molar-refractivity contribution in [2.75, 3.05) is 6.61 Å². The average Bonchev–Trinajstić information content (AvgIpc) is 2.35. The zero-order valence-electron chi connectivity index (χ0n) is 9.48. The Morgan fingerprint density at radius 2 is 1.89 bits per heavy atom. The third-order valence-corrected chi connectivity index (χ3v) is 2.87. The Hall–Kier alpha value is -1.44. The van der Waals surface area contributed by atoms with Crippen molar-refractivity contribution in [3.05, 3.63) is 33.8 Å². The zero-order chi connectivity index (χ0) is 14.8. The van der Waals surface area contributed by atoms with Gasteiger partial charge in [-0.2, -0.15) is 8.78 Å². The van der Waals surface area contributed by atoms with Gasteiger partial charge in [0.2, 0.25) is 5.78 Å². The van der Waals surface area contributed by atoms with E-state index in [1.165, 1.54) is 6.92 Å². The van der Waals surface area contributed by atoms with Crippen LogP contribution in [0.15, 0.2) is 16.6 Å². The van der Waals surface area contributed by atoms with Crippen LogP contribution in [0.25, 0.3) is 0 Å². The van der Waals surface area contributed by atoms with Crippen molar-refractivity contribution in [1.29, 1.82) is 0 Å². The van der Waals surface area contributed by atoms with Gasteiger partial charge in [0.05, 0.1) is 11.1 Å². The Morgan fingerprint density at radius 1 is 1.32 bits per heavy atom. The van der Waals surface area contributed by atoms with Gasteiger partial charge in [0.1, 0.15) is 0 Å². The molecule has 0 spiro atoms. The Balaban J connectivity index is 3.21. The molecular weight excluding hydrogens is 336 g/mol. The van der Waals surface area contributed by atoms with Crippen LogP contribution in [0, 0.1) is 11.6 Å². The minimum Gasteiger partial charge on any atom is -0.461 e. The predicted octanol–water partition coefficient (Wildman–Crippen LogP) is 3.11. The van der Waals surface area contributed by atoms with E-state index in [1.807, 2.05) is 0 Å². The van der Waals surface area contributed by atoms with Crippen molar-refractivity contribution in [2.24, 2.45) is 0 Å². The van der Waals surface area contributed by atoms with E-state index >= 15 is 0 Å². The van der Waals surface area contributed by atoms with E-state index < -0.39 is 39.3 Å². The van der Waals surface area contributed by atoms with Crippen LogP contribution in [0.3, 0.4) is 0 Å². The number of ketones is 1. The number of alkyl halides is 2. The molecule has 0 aliphatic carbocycles. The summed E-state index contributed by atoms with van der Waals surface area (Å²) in [7, 11) is 0. The smallest absolute Gasteiger partial charge is 0.404 e. The molecule has 0 saturated carbocycles. The molecule has 0 aliphatic heterocycles. The lowest BCUT2D eigenvalue weighted by molar-refractivity contribution is -0.164. The van der Waals surface area contributed by atoms with Gasteiger partial charge in [0, 0.05) is 5.56 Å². The fourth-order valence-electron chi connectivity index (χ4n) is 1.18.